The average Bonchev–Trinajstić information content (AvgIpc) is 3.08. The highest BCUT2D eigenvalue weighted by atomic mass is 16.3. The monoisotopic (exact) mass is 339 g/mol. The molecule has 0 saturated carbocycles. The molecule has 3 fully saturated rings. The molecule has 4 heterocycles. The molecule has 2 unspecified atom stereocenters. The first-order chi connectivity index (χ1) is 12.0. The van der Waals surface area contributed by atoms with Gasteiger partial charge in [-0.3, -0.25) is 9.69 Å². The molecule has 5 rings (SSSR count). The normalized spacial score (nSPS) is 28.1. The minimum absolute atomic E-state index is 0.137. The van der Waals surface area contributed by atoms with Crippen LogP contribution < -0.4 is 11.1 Å². The predicted molar refractivity (Wildman–Crippen MR) is 98.3 cm³/mol. The highest BCUT2D eigenvalue weighted by Crippen LogP contribution is 2.33. The quantitative estimate of drug-likeness (QED) is 0.843. The lowest BCUT2D eigenvalue weighted by Gasteiger charge is -2.49. The van der Waals surface area contributed by atoms with E-state index in [1.165, 1.54) is 12.8 Å². The number of benzene rings is 1. The molecule has 2 bridgehead atoms. The Morgan fingerprint density at radius 1 is 1.24 bits per heavy atom. The van der Waals surface area contributed by atoms with Crippen LogP contribution >= 0.6 is 0 Å². The van der Waals surface area contributed by atoms with Crippen LogP contribution in [0.2, 0.25) is 0 Å². The van der Waals surface area contributed by atoms with E-state index in [2.05, 4.69) is 17.1 Å². The molecule has 132 valence electrons. The van der Waals surface area contributed by atoms with E-state index < -0.39 is 0 Å². The summed E-state index contributed by atoms with van der Waals surface area (Å²) in [4.78, 5) is 15.1. The predicted octanol–water partition coefficient (Wildman–Crippen LogP) is 3.05. The smallest absolute Gasteiger partial charge is 0.287 e. The SMILES string of the molecule is Cc1ccc(-c2ccc(C(=O)NC3C4CCN(CC4)C3C)o2)c(N)c1. The zero-order valence-corrected chi connectivity index (χ0v) is 14.8. The number of carbonyl (C=O) groups is 1. The number of nitrogens with two attached hydrogens (primary N) is 1. The number of nitrogen functional groups attached to an aromatic ring is 1. The third-order valence-corrected chi connectivity index (χ3v) is 5.78. The van der Waals surface area contributed by atoms with Gasteiger partial charge in [0, 0.05) is 23.3 Å². The van der Waals surface area contributed by atoms with Crippen LogP contribution in [0.4, 0.5) is 5.69 Å². The zero-order chi connectivity index (χ0) is 17.6. The van der Waals surface area contributed by atoms with Crippen LogP contribution in [0, 0.1) is 12.8 Å². The molecule has 0 spiro atoms. The Balaban J connectivity index is 1.51. The van der Waals surface area contributed by atoms with Crippen molar-refractivity contribution in [1.29, 1.82) is 0 Å². The van der Waals surface area contributed by atoms with E-state index in [0.29, 0.717) is 29.2 Å². The summed E-state index contributed by atoms with van der Waals surface area (Å²) >= 11 is 0. The molecule has 3 saturated heterocycles. The number of nitrogens with one attached hydrogen (secondary N) is 1. The largest absolute Gasteiger partial charge is 0.451 e. The van der Waals surface area contributed by atoms with Gasteiger partial charge in [-0.1, -0.05) is 6.07 Å². The van der Waals surface area contributed by atoms with Gasteiger partial charge in [0.1, 0.15) is 5.76 Å². The van der Waals surface area contributed by atoms with Gasteiger partial charge >= 0.3 is 0 Å². The summed E-state index contributed by atoms with van der Waals surface area (Å²) in [7, 11) is 0. The molecule has 2 atom stereocenters. The molecule has 0 aliphatic carbocycles. The Morgan fingerprint density at radius 2 is 2.00 bits per heavy atom. The number of carbonyl (C=O) groups excluding carboxylic acids is 1. The van der Waals surface area contributed by atoms with Crippen molar-refractivity contribution < 1.29 is 9.21 Å². The number of nitrogens with zero attached hydrogens (tertiary/aromatic N) is 1. The minimum Gasteiger partial charge on any atom is -0.451 e. The van der Waals surface area contributed by atoms with Crippen LogP contribution in [0.1, 0.15) is 35.9 Å². The number of anilines is 1. The zero-order valence-electron chi connectivity index (χ0n) is 14.8. The van der Waals surface area contributed by atoms with E-state index in [-0.39, 0.29) is 11.9 Å². The van der Waals surface area contributed by atoms with E-state index >= 15 is 0 Å². The second-order valence-electron chi connectivity index (χ2n) is 7.37. The highest BCUT2D eigenvalue weighted by molar-refractivity contribution is 5.92. The van der Waals surface area contributed by atoms with Crippen molar-refractivity contribution >= 4 is 11.6 Å². The summed E-state index contributed by atoms with van der Waals surface area (Å²) in [5, 5.41) is 3.20. The Labute approximate surface area is 148 Å². The highest BCUT2D eigenvalue weighted by Gasteiger charge is 2.40. The number of rotatable bonds is 3. The van der Waals surface area contributed by atoms with Crippen molar-refractivity contribution in [3.05, 3.63) is 41.7 Å². The van der Waals surface area contributed by atoms with E-state index in [1.807, 2.05) is 31.2 Å². The summed E-state index contributed by atoms with van der Waals surface area (Å²) < 4.78 is 5.80. The molecule has 0 radical (unpaired) electrons. The summed E-state index contributed by atoms with van der Waals surface area (Å²) in [6, 6.07) is 9.97. The van der Waals surface area contributed by atoms with Crippen molar-refractivity contribution in [2.45, 2.75) is 38.8 Å². The molecule has 1 aromatic heterocycles. The number of furan rings is 1. The number of fused-ring (bicyclic) bond motifs is 3. The Hall–Kier alpha value is -2.27. The van der Waals surface area contributed by atoms with E-state index in [0.717, 1.165) is 24.2 Å². The van der Waals surface area contributed by atoms with Crippen LogP contribution in [-0.4, -0.2) is 36.0 Å². The number of aryl methyl sites for hydroxylation is 1. The molecule has 25 heavy (non-hydrogen) atoms. The van der Waals surface area contributed by atoms with Crippen LogP contribution in [0.25, 0.3) is 11.3 Å². The molecule has 3 aliphatic heterocycles. The van der Waals surface area contributed by atoms with Gasteiger partial charge in [-0.15, -0.1) is 0 Å². The van der Waals surface area contributed by atoms with Gasteiger partial charge in [-0.05, 0) is 75.5 Å². The van der Waals surface area contributed by atoms with Crippen molar-refractivity contribution in [2.75, 3.05) is 18.8 Å². The van der Waals surface area contributed by atoms with Crippen LogP contribution in [0.3, 0.4) is 0 Å². The first-order valence-corrected chi connectivity index (χ1v) is 9.04. The first-order valence-electron chi connectivity index (χ1n) is 9.04. The maximum absolute atomic E-state index is 12.7. The fourth-order valence-electron chi connectivity index (χ4n) is 4.28. The Bertz CT molecular complexity index is 788. The van der Waals surface area contributed by atoms with Gasteiger partial charge in [0.15, 0.2) is 5.76 Å². The van der Waals surface area contributed by atoms with E-state index in [9.17, 15) is 4.79 Å². The second kappa shape index (κ2) is 6.23. The minimum atomic E-state index is -0.137. The molecule has 2 aromatic rings. The van der Waals surface area contributed by atoms with Gasteiger partial charge in [0.05, 0.1) is 0 Å². The van der Waals surface area contributed by atoms with Gasteiger partial charge in [-0.25, -0.2) is 0 Å². The number of amides is 1. The number of piperidine rings is 3. The Morgan fingerprint density at radius 3 is 2.68 bits per heavy atom. The van der Waals surface area contributed by atoms with Gasteiger partial charge < -0.3 is 15.5 Å². The maximum Gasteiger partial charge on any atom is 0.287 e. The average molecular weight is 339 g/mol. The number of hydrogen-bond donors (Lipinski definition) is 2. The standard InChI is InChI=1S/C20H25N3O2/c1-12-3-4-15(16(21)11-12)17-5-6-18(25-17)20(24)22-19-13(2)23-9-7-14(19)8-10-23/h3-6,11,13-14,19H,7-10,21H2,1-2H3,(H,22,24). The summed E-state index contributed by atoms with van der Waals surface area (Å²) in [5.74, 6) is 1.41. The fourth-order valence-corrected chi connectivity index (χ4v) is 4.28. The Kier molecular flexibility index (Phi) is 4.04. The van der Waals surface area contributed by atoms with E-state index in [4.69, 9.17) is 10.2 Å². The van der Waals surface area contributed by atoms with Gasteiger partial charge in [0.25, 0.3) is 5.91 Å². The summed E-state index contributed by atoms with van der Waals surface area (Å²) in [6.07, 6.45) is 2.33. The number of hydrogen-bond acceptors (Lipinski definition) is 4. The van der Waals surface area contributed by atoms with Crippen molar-refractivity contribution in [3.63, 3.8) is 0 Å². The third-order valence-electron chi connectivity index (χ3n) is 5.78. The van der Waals surface area contributed by atoms with Crippen molar-refractivity contribution in [2.24, 2.45) is 5.92 Å². The molecule has 3 aliphatic rings. The van der Waals surface area contributed by atoms with Crippen LogP contribution in [0.5, 0.6) is 0 Å². The van der Waals surface area contributed by atoms with Gasteiger partial charge in [0.2, 0.25) is 0 Å². The molecule has 1 amide bonds. The van der Waals surface area contributed by atoms with Crippen molar-refractivity contribution in [3.8, 4) is 11.3 Å². The molecule has 5 heteroatoms. The molecular formula is C20H25N3O2. The molecule has 5 nitrogen and oxygen atoms in total. The molecular weight excluding hydrogens is 314 g/mol. The van der Waals surface area contributed by atoms with Crippen LogP contribution in [0.15, 0.2) is 34.7 Å². The van der Waals surface area contributed by atoms with Crippen LogP contribution in [-0.2, 0) is 0 Å². The fraction of sp³-hybridized carbons (Fsp3) is 0.450. The van der Waals surface area contributed by atoms with Crippen molar-refractivity contribution in [1.82, 2.24) is 10.2 Å². The molecule has 3 N–H and O–H groups in total. The lowest BCUT2D eigenvalue weighted by Crippen LogP contribution is -2.62. The first kappa shape index (κ1) is 16.2. The second-order valence-corrected chi connectivity index (χ2v) is 7.37. The lowest BCUT2D eigenvalue weighted by molar-refractivity contribution is 0.0211. The van der Waals surface area contributed by atoms with E-state index in [1.54, 1.807) is 6.07 Å². The lowest BCUT2D eigenvalue weighted by atomic mass is 9.79. The third kappa shape index (κ3) is 2.93. The molecule has 1 aromatic carbocycles. The summed E-state index contributed by atoms with van der Waals surface area (Å²) in [6.45, 7) is 6.50. The summed E-state index contributed by atoms with van der Waals surface area (Å²) in [5.41, 5.74) is 8.66. The maximum atomic E-state index is 12.7. The van der Waals surface area contributed by atoms with Gasteiger partial charge in [-0.2, -0.15) is 0 Å². The topological polar surface area (TPSA) is 71.5 Å².